The van der Waals surface area contributed by atoms with Gasteiger partial charge in [0.05, 0.1) is 30.7 Å². The number of rotatable bonds is 4. The normalized spacial score (nSPS) is 22.9. The number of carbonyl (C=O) groups is 1. The molecule has 0 amide bonds. The van der Waals surface area contributed by atoms with Gasteiger partial charge >= 0.3 is 0 Å². The van der Waals surface area contributed by atoms with Crippen LogP contribution >= 0.6 is 0 Å². The molecule has 1 aromatic heterocycles. The number of hydrogen-bond donors (Lipinski definition) is 2. The fourth-order valence-corrected chi connectivity index (χ4v) is 4.21. The number of aliphatic hydroxyl groups is 1. The van der Waals surface area contributed by atoms with Crippen LogP contribution in [-0.4, -0.2) is 87.8 Å². The van der Waals surface area contributed by atoms with Crippen LogP contribution in [0.4, 0.5) is 0 Å². The van der Waals surface area contributed by atoms with Crippen LogP contribution in [0.1, 0.15) is 17.0 Å². The van der Waals surface area contributed by atoms with E-state index in [-0.39, 0.29) is 18.6 Å². The van der Waals surface area contributed by atoms with E-state index in [1.54, 1.807) is 0 Å². The largest absolute Gasteiger partial charge is 0.483 e. The quantitative estimate of drug-likeness (QED) is 0.739. The lowest BCUT2D eigenvalue weighted by atomic mass is 10.1. The zero-order valence-electron chi connectivity index (χ0n) is 17.1. The van der Waals surface area contributed by atoms with Gasteiger partial charge in [0.15, 0.2) is 0 Å². The van der Waals surface area contributed by atoms with Gasteiger partial charge in [-0.3, -0.25) is 14.6 Å². The molecule has 2 aliphatic heterocycles. The summed E-state index contributed by atoms with van der Waals surface area (Å²) in [5.74, 6) is 0. The second-order valence-corrected chi connectivity index (χ2v) is 7.55. The number of ether oxygens (including phenoxy) is 1. The number of morpholine rings is 1. The maximum absolute atomic E-state index is 10.6. The van der Waals surface area contributed by atoms with Gasteiger partial charge in [0.2, 0.25) is 0 Å². The minimum atomic E-state index is -0.297. The Morgan fingerprint density at radius 1 is 1.21 bits per heavy atom. The van der Waals surface area contributed by atoms with E-state index in [0.717, 1.165) is 56.5 Å². The maximum atomic E-state index is 10.6. The zero-order chi connectivity index (χ0) is 20.8. The first-order chi connectivity index (χ1) is 14.0. The first-order valence-electron chi connectivity index (χ1n) is 9.95. The van der Waals surface area contributed by atoms with Crippen molar-refractivity contribution in [3.05, 3.63) is 47.3 Å². The molecule has 2 N–H and O–H groups in total. The molecule has 0 bridgehead atoms. The van der Waals surface area contributed by atoms with Gasteiger partial charge in [0.25, 0.3) is 6.47 Å². The standard InChI is InChI=1S/C20H28N4O2.CH2O2/c1-15-11-16(2)24(21-15)18-6-4-3-5-17(18)12-22-13-19(20(25)14-22)23-7-9-26-10-8-23;2-1-3/h3-6,11,19-20,25H,7-10,12-14H2,1-2H3;1H,(H,2,3)/t19-,20-;/m0./s1. The summed E-state index contributed by atoms with van der Waals surface area (Å²) in [6, 6.07) is 10.7. The van der Waals surface area contributed by atoms with Gasteiger partial charge in [-0.2, -0.15) is 5.10 Å². The molecule has 158 valence electrons. The Hall–Kier alpha value is -2.26. The number of aryl methyl sites for hydroxylation is 2. The third kappa shape index (κ3) is 5.22. The highest BCUT2D eigenvalue weighted by Crippen LogP contribution is 2.23. The van der Waals surface area contributed by atoms with Gasteiger partial charge in [-0.25, -0.2) is 4.68 Å². The molecule has 2 fully saturated rings. The lowest BCUT2D eigenvalue weighted by Crippen LogP contribution is -2.48. The number of benzene rings is 1. The highest BCUT2D eigenvalue weighted by atomic mass is 16.5. The summed E-state index contributed by atoms with van der Waals surface area (Å²) in [6.07, 6.45) is -0.297. The molecule has 2 saturated heterocycles. The SMILES string of the molecule is Cc1cc(C)n(-c2ccccc2CN2C[C@H](O)[C@@H](N3CCOCC3)C2)n1.O=CO. The van der Waals surface area contributed by atoms with Crippen LogP contribution in [0.3, 0.4) is 0 Å². The van der Waals surface area contributed by atoms with E-state index >= 15 is 0 Å². The predicted octanol–water partition coefficient (Wildman–Crippen LogP) is 1.07. The Balaban J connectivity index is 0.000000755. The fraction of sp³-hybridized carbons (Fsp3) is 0.524. The number of carboxylic acid groups (broad SMARTS) is 1. The van der Waals surface area contributed by atoms with E-state index in [9.17, 15) is 5.11 Å². The Bertz CT molecular complexity index is 804. The van der Waals surface area contributed by atoms with Crippen molar-refractivity contribution in [1.29, 1.82) is 0 Å². The summed E-state index contributed by atoms with van der Waals surface area (Å²) in [5, 5.41) is 22.1. The lowest BCUT2D eigenvalue weighted by molar-refractivity contribution is -0.122. The molecule has 0 spiro atoms. The van der Waals surface area contributed by atoms with Crippen molar-refractivity contribution in [3.8, 4) is 5.69 Å². The highest BCUT2D eigenvalue weighted by Gasteiger charge is 2.36. The van der Waals surface area contributed by atoms with Crippen LogP contribution in [0.25, 0.3) is 5.69 Å². The van der Waals surface area contributed by atoms with Gasteiger partial charge in [-0.15, -0.1) is 0 Å². The summed E-state index contributed by atoms with van der Waals surface area (Å²) >= 11 is 0. The third-order valence-electron chi connectivity index (χ3n) is 5.47. The molecule has 0 saturated carbocycles. The number of aromatic nitrogens is 2. The lowest BCUT2D eigenvalue weighted by Gasteiger charge is -2.33. The molecule has 0 unspecified atom stereocenters. The molecule has 8 nitrogen and oxygen atoms in total. The van der Waals surface area contributed by atoms with Gasteiger partial charge in [-0.1, -0.05) is 18.2 Å². The Kier molecular flexibility index (Phi) is 7.38. The average Bonchev–Trinajstić information content (AvgIpc) is 3.24. The van der Waals surface area contributed by atoms with Crippen molar-refractivity contribution < 1.29 is 19.7 Å². The van der Waals surface area contributed by atoms with E-state index in [1.165, 1.54) is 5.56 Å². The maximum Gasteiger partial charge on any atom is 0.290 e. The van der Waals surface area contributed by atoms with E-state index in [1.807, 2.05) is 11.6 Å². The number of hydrogen-bond acceptors (Lipinski definition) is 6. The average molecular weight is 402 g/mol. The van der Waals surface area contributed by atoms with Crippen molar-refractivity contribution in [2.45, 2.75) is 32.5 Å². The number of para-hydroxylation sites is 1. The molecule has 3 heterocycles. The molecule has 4 rings (SSSR count). The third-order valence-corrected chi connectivity index (χ3v) is 5.47. The van der Waals surface area contributed by atoms with Crippen LogP contribution in [0.2, 0.25) is 0 Å². The molecule has 0 aliphatic carbocycles. The summed E-state index contributed by atoms with van der Waals surface area (Å²) in [5.41, 5.74) is 4.54. The minimum absolute atomic E-state index is 0.208. The summed E-state index contributed by atoms with van der Waals surface area (Å²) in [4.78, 5) is 13.1. The summed E-state index contributed by atoms with van der Waals surface area (Å²) in [7, 11) is 0. The highest BCUT2D eigenvalue weighted by molar-refractivity contribution is 5.42. The van der Waals surface area contributed by atoms with Crippen molar-refractivity contribution in [3.63, 3.8) is 0 Å². The minimum Gasteiger partial charge on any atom is -0.483 e. The molecule has 8 heteroatoms. The van der Waals surface area contributed by atoms with Crippen molar-refractivity contribution in [2.24, 2.45) is 0 Å². The van der Waals surface area contributed by atoms with Crippen LogP contribution in [-0.2, 0) is 16.1 Å². The van der Waals surface area contributed by atoms with Crippen LogP contribution in [0.15, 0.2) is 30.3 Å². The Morgan fingerprint density at radius 2 is 1.90 bits per heavy atom. The summed E-state index contributed by atoms with van der Waals surface area (Å²) in [6.45, 7) is 9.66. The first-order valence-corrected chi connectivity index (χ1v) is 9.95. The summed E-state index contributed by atoms with van der Waals surface area (Å²) < 4.78 is 7.47. The zero-order valence-corrected chi connectivity index (χ0v) is 17.1. The molecule has 2 atom stereocenters. The molecule has 29 heavy (non-hydrogen) atoms. The van der Waals surface area contributed by atoms with Gasteiger partial charge < -0.3 is 14.9 Å². The topological polar surface area (TPSA) is 91.1 Å². The Morgan fingerprint density at radius 3 is 2.55 bits per heavy atom. The molecule has 2 aromatic rings. The van der Waals surface area contributed by atoms with E-state index < -0.39 is 0 Å². The van der Waals surface area contributed by atoms with Crippen molar-refractivity contribution in [2.75, 3.05) is 39.4 Å². The molecular formula is C21H30N4O4. The van der Waals surface area contributed by atoms with Gasteiger partial charge in [0, 0.05) is 44.5 Å². The van der Waals surface area contributed by atoms with E-state index in [2.05, 4.69) is 52.2 Å². The van der Waals surface area contributed by atoms with Crippen LogP contribution in [0.5, 0.6) is 0 Å². The second kappa shape index (κ2) is 9.98. The first kappa shape index (κ1) is 21.4. The smallest absolute Gasteiger partial charge is 0.290 e. The van der Waals surface area contributed by atoms with E-state index in [0.29, 0.717) is 6.54 Å². The number of nitrogens with zero attached hydrogens (tertiary/aromatic N) is 4. The molecule has 0 radical (unpaired) electrons. The number of aliphatic hydroxyl groups excluding tert-OH is 1. The van der Waals surface area contributed by atoms with Crippen LogP contribution < -0.4 is 0 Å². The second-order valence-electron chi connectivity index (χ2n) is 7.55. The van der Waals surface area contributed by atoms with Gasteiger partial charge in [-0.05, 0) is 31.5 Å². The number of β-amino-alcohol motifs (C(OH)–C–C–N with tert-alkyl or cyclic N) is 1. The van der Waals surface area contributed by atoms with Gasteiger partial charge in [0.1, 0.15) is 0 Å². The Labute approximate surface area is 171 Å². The molecular weight excluding hydrogens is 372 g/mol. The monoisotopic (exact) mass is 402 g/mol. The van der Waals surface area contributed by atoms with E-state index in [4.69, 9.17) is 14.6 Å². The number of likely N-dealkylation sites (tertiary alicyclic amines) is 1. The molecule has 1 aromatic carbocycles. The van der Waals surface area contributed by atoms with Crippen molar-refractivity contribution >= 4 is 6.47 Å². The fourth-order valence-electron chi connectivity index (χ4n) is 4.21. The van der Waals surface area contributed by atoms with Crippen molar-refractivity contribution in [1.82, 2.24) is 19.6 Å². The predicted molar refractivity (Wildman–Crippen MR) is 109 cm³/mol. The molecule has 2 aliphatic rings. The van der Waals surface area contributed by atoms with Crippen LogP contribution in [0, 0.1) is 13.8 Å².